The van der Waals surface area contributed by atoms with Gasteiger partial charge in [0, 0.05) is 38.1 Å². The van der Waals surface area contributed by atoms with Gasteiger partial charge < -0.3 is 14.4 Å². The van der Waals surface area contributed by atoms with Crippen LogP contribution in [0.5, 0.6) is 0 Å². The van der Waals surface area contributed by atoms with Crippen molar-refractivity contribution >= 4 is 28.8 Å². The predicted molar refractivity (Wildman–Crippen MR) is 132 cm³/mol. The number of rotatable bonds is 6. The van der Waals surface area contributed by atoms with Gasteiger partial charge in [0.2, 0.25) is 17.7 Å². The first-order valence-corrected chi connectivity index (χ1v) is 11.6. The molecule has 1 saturated heterocycles. The van der Waals surface area contributed by atoms with Crippen molar-refractivity contribution in [3.63, 3.8) is 0 Å². The second-order valence-corrected chi connectivity index (χ2v) is 8.87. The van der Waals surface area contributed by atoms with Crippen LogP contribution in [0.4, 0.5) is 5.95 Å². The number of hydrogen-bond donors (Lipinski definition) is 1. The zero-order chi connectivity index (χ0) is 24.1. The van der Waals surface area contributed by atoms with Gasteiger partial charge in [-0.25, -0.2) is 15.0 Å². The highest BCUT2D eigenvalue weighted by molar-refractivity contribution is 6.01. The number of imidazole rings is 1. The number of hydrogen-bond acceptors (Lipinski definition) is 6. The number of amides is 2. The third-order valence-corrected chi connectivity index (χ3v) is 5.96. The van der Waals surface area contributed by atoms with Crippen molar-refractivity contribution < 1.29 is 9.59 Å². The molecule has 9 nitrogen and oxygen atoms in total. The Balaban J connectivity index is 1.67. The average Bonchev–Trinajstić information content (AvgIpc) is 3.01. The molecule has 34 heavy (non-hydrogen) atoms. The molecule has 0 spiro atoms. The fourth-order valence-corrected chi connectivity index (χ4v) is 4.34. The van der Waals surface area contributed by atoms with Crippen LogP contribution in [0.25, 0.3) is 11.0 Å². The lowest BCUT2D eigenvalue weighted by Gasteiger charge is -2.26. The summed E-state index contributed by atoms with van der Waals surface area (Å²) in [6.07, 6.45) is 9.43. The highest BCUT2D eigenvalue weighted by Crippen LogP contribution is 2.32. The second-order valence-electron chi connectivity index (χ2n) is 8.87. The molecule has 1 aromatic carbocycles. The molecule has 0 saturated carbocycles. The number of carbonyl (C=O) groups is 2. The van der Waals surface area contributed by atoms with Crippen LogP contribution in [0.15, 0.2) is 48.8 Å². The maximum Gasteiger partial charge on any atom is 0.295 e. The van der Waals surface area contributed by atoms with Crippen LogP contribution < -0.4 is 5.32 Å². The number of nitrogens with one attached hydrogen (secondary N) is 1. The molecule has 1 aliphatic heterocycles. The first-order valence-electron chi connectivity index (χ1n) is 11.6. The zero-order valence-electron chi connectivity index (χ0n) is 19.9. The lowest BCUT2D eigenvalue weighted by atomic mass is 10.1. The summed E-state index contributed by atoms with van der Waals surface area (Å²) in [5.41, 5.74) is 2.83. The molecule has 1 atom stereocenters. The summed E-state index contributed by atoms with van der Waals surface area (Å²) in [7, 11) is 3.94. The van der Waals surface area contributed by atoms with Gasteiger partial charge in [-0.2, -0.15) is 0 Å². The van der Waals surface area contributed by atoms with Crippen LogP contribution in [-0.2, 0) is 4.79 Å². The predicted octanol–water partition coefficient (Wildman–Crippen LogP) is 3.06. The lowest BCUT2D eigenvalue weighted by Crippen LogP contribution is -2.35. The van der Waals surface area contributed by atoms with Gasteiger partial charge in [0.25, 0.3) is 5.91 Å². The minimum absolute atomic E-state index is 0.0122. The maximum atomic E-state index is 12.9. The van der Waals surface area contributed by atoms with Gasteiger partial charge in [0.05, 0.1) is 17.1 Å². The summed E-state index contributed by atoms with van der Waals surface area (Å²) in [5, 5.41) is 2.92. The van der Waals surface area contributed by atoms with E-state index in [0.717, 1.165) is 35.9 Å². The van der Waals surface area contributed by atoms with E-state index in [4.69, 9.17) is 4.98 Å². The summed E-state index contributed by atoms with van der Waals surface area (Å²) >= 11 is 0. The van der Waals surface area contributed by atoms with E-state index in [1.807, 2.05) is 55.1 Å². The van der Waals surface area contributed by atoms with Crippen LogP contribution >= 0.6 is 0 Å². The van der Waals surface area contributed by atoms with Crippen LogP contribution in [0.2, 0.25) is 0 Å². The van der Waals surface area contributed by atoms with Crippen molar-refractivity contribution in [3.05, 3.63) is 60.2 Å². The molecule has 1 unspecified atom stereocenters. The van der Waals surface area contributed by atoms with Gasteiger partial charge in [-0.05, 0) is 58.0 Å². The quantitative estimate of drug-likeness (QED) is 0.567. The third-order valence-electron chi connectivity index (χ3n) is 5.96. The number of nitrogens with zero attached hydrogens (tertiary/aromatic N) is 6. The van der Waals surface area contributed by atoms with Crippen molar-refractivity contribution in [2.45, 2.75) is 32.2 Å². The Morgan fingerprint density at radius 2 is 1.97 bits per heavy atom. The number of aromatic nitrogens is 4. The maximum absolute atomic E-state index is 12.9. The standard InChI is InChI=1S/C25H31N7O2/c1-18-9-6-11-20-22(18)32(25(28-20)29-24(34)23-26-13-8-14-27-23)19-10-4-5-16-31(17-19)21(33)12-7-15-30(2)3/h6-9,11-14,19H,4-5,10,15-17H2,1-3H3,(H,28,29,34). The molecule has 2 aromatic heterocycles. The van der Waals surface area contributed by atoms with Gasteiger partial charge in [-0.3, -0.25) is 14.9 Å². The van der Waals surface area contributed by atoms with Crippen molar-refractivity contribution in [1.29, 1.82) is 0 Å². The van der Waals surface area contributed by atoms with Gasteiger partial charge >= 0.3 is 0 Å². The molecule has 0 aliphatic carbocycles. The molecule has 0 bridgehead atoms. The molecule has 1 fully saturated rings. The van der Waals surface area contributed by atoms with Crippen LogP contribution in [0, 0.1) is 6.92 Å². The Labute approximate surface area is 199 Å². The monoisotopic (exact) mass is 461 g/mol. The van der Waals surface area contributed by atoms with E-state index in [2.05, 4.69) is 19.9 Å². The van der Waals surface area contributed by atoms with E-state index < -0.39 is 5.91 Å². The number of aryl methyl sites for hydroxylation is 1. The topological polar surface area (TPSA) is 96.3 Å². The normalized spacial score (nSPS) is 16.8. The second kappa shape index (κ2) is 10.6. The molecule has 1 N–H and O–H groups in total. The summed E-state index contributed by atoms with van der Waals surface area (Å²) in [6, 6.07) is 7.58. The number of likely N-dealkylation sites (N-methyl/N-ethyl adjacent to an activating group) is 1. The van der Waals surface area contributed by atoms with Gasteiger partial charge in [-0.1, -0.05) is 18.2 Å². The summed E-state index contributed by atoms with van der Waals surface area (Å²) in [5.74, 6) is 0.131. The first-order chi connectivity index (χ1) is 16.4. The Hall–Kier alpha value is -3.59. The van der Waals surface area contributed by atoms with Gasteiger partial charge in [-0.15, -0.1) is 0 Å². The molecular weight excluding hydrogens is 430 g/mol. The van der Waals surface area contributed by atoms with Crippen molar-refractivity contribution in [3.8, 4) is 0 Å². The minimum atomic E-state index is -0.414. The molecule has 2 amide bonds. The van der Waals surface area contributed by atoms with Crippen molar-refractivity contribution in [1.82, 2.24) is 29.3 Å². The summed E-state index contributed by atoms with van der Waals surface area (Å²) in [4.78, 5) is 42.6. The smallest absolute Gasteiger partial charge is 0.295 e. The van der Waals surface area contributed by atoms with E-state index in [-0.39, 0.29) is 17.8 Å². The van der Waals surface area contributed by atoms with E-state index >= 15 is 0 Å². The molecule has 0 radical (unpaired) electrons. The number of fused-ring (bicyclic) bond motifs is 1. The molecule has 3 heterocycles. The number of para-hydroxylation sites is 1. The van der Waals surface area contributed by atoms with Crippen molar-refractivity contribution in [2.24, 2.45) is 0 Å². The number of anilines is 1. The number of benzene rings is 1. The zero-order valence-corrected chi connectivity index (χ0v) is 19.9. The van der Waals surface area contributed by atoms with Crippen LogP contribution in [0.1, 0.15) is 41.5 Å². The Morgan fingerprint density at radius 3 is 2.74 bits per heavy atom. The Morgan fingerprint density at radius 1 is 1.18 bits per heavy atom. The average molecular weight is 462 g/mol. The Kier molecular flexibility index (Phi) is 7.32. The number of carbonyl (C=O) groups excluding carboxylic acids is 2. The van der Waals surface area contributed by atoms with E-state index in [1.54, 1.807) is 12.1 Å². The Bertz CT molecular complexity index is 1190. The molecule has 1 aliphatic rings. The molecule has 9 heteroatoms. The molecule has 3 aromatic rings. The van der Waals surface area contributed by atoms with Crippen molar-refractivity contribution in [2.75, 3.05) is 39.0 Å². The van der Waals surface area contributed by atoms with E-state index in [0.29, 0.717) is 25.6 Å². The van der Waals surface area contributed by atoms with E-state index in [9.17, 15) is 9.59 Å². The minimum Gasteiger partial charge on any atom is -0.337 e. The highest BCUT2D eigenvalue weighted by atomic mass is 16.2. The number of likely N-dealkylation sites (tertiary alicyclic amines) is 1. The summed E-state index contributed by atoms with van der Waals surface area (Å²) in [6.45, 7) is 4.02. The highest BCUT2D eigenvalue weighted by Gasteiger charge is 2.27. The van der Waals surface area contributed by atoms with Gasteiger partial charge in [0.1, 0.15) is 0 Å². The third kappa shape index (κ3) is 5.31. The summed E-state index contributed by atoms with van der Waals surface area (Å²) < 4.78 is 2.08. The SMILES string of the molecule is Cc1cccc2nc(NC(=O)c3ncccn3)n(C3CCCCN(C(=O)C=CCN(C)C)C3)c12. The largest absolute Gasteiger partial charge is 0.337 e. The first kappa shape index (κ1) is 23.6. The molecular formula is C25H31N7O2. The fraction of sp³-hybridized carbons (Fsp3) is 0.400. The lowest BCUT2D eigenvalue weighted by molar-refractivity contribution is -0.126. The fourth-order valence-electron chi connectivity index (χ4n) is 4.34. The van der Waals surface area contributed by atoms with E-state index in [1.165, 1.54) is 12.4 Å². The van der Waals surface area contributed by atoms with Gasteiger partial charge in [0.15, 0.2) is 0 Å². The molecule has 4 rings (SSSR count). The molecule has 178 valence electrons. The van der Waals surface area contributed by atoms with Crippen LogP contribution in [-0.4, -0.2) is 74.9 Å². The van der Waals surface area contributed by atoms with Crippen LogP contribution in [0.3, 0.4) is 0 Å².